The fraction of sp³-hybridized carbons (Fsp3) is 0.462. The molecule has 0 spiro atoms. The number of hydrogen-bond acceptors (Lipinski definition) is 2. The normalized spacial score (nSPS) is 15.4. The summed E-state index contributed by atoms with van der Waals surface area (Å²) in [5.41, 5.74) is 1.19. The first-order valence-electron chi connectivity index (χ1n) is 5.96. The molecule has 1 aromatic rings. The van der Waals surface area contributed by atoms with E-state index in [0.717, 1.165) is 30.5 Å². The molecule has 0 bridgehead atoms. The third-order valence-electron chi connectivity index (χ3n) is 3.03. The number of hydrogen-bond donors (Lipinski definition) is 2. The van der Waals surface area contributed by atoms with Gasteiger partial charge in [-0.2, -0.15) is 0 Å². The average molecular weight is 297 g/mol. The van der Waals surface area contributed by atoms with Crippen molar-refractivity contribution in [3.63, 3.8) is 0 Å². The van der Waals surface area contributed by atoms with E-state index in [-0.39, 0.29) is 5.91 Å². The quantitative estimate of drug-likeness (QED) is 0.869. The SMILES string of the molecule is O=C(CCc1ccccc1Br)NCC1CNC1. The van der Waals surface area contributed by atoms with Gasteiger partial charge < -0.3 is 10.6 Å². The van der Waals surface area contributed by atoms with Crippen molar-refractivity contribution in [3.8, 4) is 0 Å². The molecule has 1 amide bonds. The van der Waals surface area contributed by atoms with E-state index >= 15 is 0 Å². The van der Waals surface area contributed by atoms with Gasteiger partial charge in [0, 0.05) is 36.4 Å². The van der Waals surface area contributed by atoms with E-state index in [1.54, 1.807) is 0 Å². The molecule has 0 radical (unpaired) electrons. The second kappa shape index (κ2) is 6.17. The van der Waals surface area contributed by atoms with Crippen molar-refractivity contribution in [1.82, 2.24) is 10.6 Å². The van der Waals surface area contributed by atoms with Gasteiger partial charge in [-0.05, 0) is 18.1 Å². The first-order valence-corrected chi connectivity index (χ1v) is 6.76. The van der Waals surface area contributed by atoms with Gasteiger partial charge in [0.15, 0.2) is 0 Å². The summed E-state index contributed by atoms with van der Waals surface area (Å²) in [6.45, 7) is 2.87. The van der Waals surface area contributed by atoms with E-state index in [2.05, 4.69) is 26.6 Å². The molecule has 0 aromatic heterocycles. The minimum Gasteiger partial charge on any atom is -0.356 e. The number of carbonyl (C=O) groups is 1. The predicted octanol–water partition coefficient (Wildman–Crippen LogP) is 1.72. The van der Waals surface area contributed by atoms with Crippen LogP contribution in [0.25, 0.3) is 0 Å². The standard InChI is InChI=1S/C13H17BrN2O/c14-12-4-2-1-3-11(12)5-6-13(17)16-9-10-7-15-8-10/h1-4,10,15H,5-9H2,(H,16,17). The molecule has 1 aromatic carbocycles. The van der Waals surface area contributed by atoms with Crippen molar-refractivity contribution in [2.24, 2.45) is 5.92 Å². The highest BCUT2D eigenvalue weighted by atomic mass is 79.9. The number of rotatable bonds is 5. The summed E-state index contributed by atoms with van der Waals surface area (Å²) < 4.78 is 1.08. The van der Waals surface area contributed by atoms with Crippen LogP contribution in [-0.4, -0.2) is 25.5 Å². The Morgan fingerprint density at radius 1 is 1.41 bits per heavy atom. The fourth-order valence-electron chi connectivity index (χ4n) is 1.79. The summed E-state index contributed by atoms with van der Waals surface area (Å²) in [6, 6.07) is 8.04. The molecule has 1 heterocycles. The lowest BCUT2D eigenvalue weighted by molar-refractivity contribution is -0.121. The lowest BCUT2D eigenvalue weighted by Crippen LogP contribution is -2.48. The summed E-state index contributed by atoms with van der Waals surface area (Å²) in [5, 5.41) is 6.17. The highest BCUT2D eigenvalue weighted by Crippen LogP contribution is 2.17. The number of aryl methyl sites for hydroxylation is 1. The minimum atomic E-state index is 0.146. The molecule has 1 aliphatic heterocycles. The Morgan fingerprint density at radius 2 is 2.18 bits per heavy atom. The first kappa shape index (κ1) is 12.6. The van der Waals surface area contributed by atoms with Gasteiger partial charge in [0.05, 0.1) is 0 Å². The highest BCUT2D eigenvalue weighted by molar-refractivity contribution is 9.10. The van der Waals surface area contributed by atoms with Crippen LogP contribution in [0.3, 0.4) is 0 Å². The maximum Gasteiger partial charge on any atom is 0.220 e. The molecule has 1 fully saturated rings. The molecule has 2 N–H and O–H groups in total. The number of benzene rings is 1. The van der Waals surface area contributed by atoms with Crippen molar-refractivity contribution in [2.75, 3.05) is 19.6 Å². The van der Waals surface area contributed by atoms with Crippen LogP contribution in [0, 0.1) is 5.92 Å². The zero-order valence-corrected chi connectivity index (χ0v) is 11.3. The van der Waals surface area contributed by atoms with Crippen molar-refractivity contribution >= 4 is 21.8 Å². The van der Waals surface area contributed by atoms with Crippen LogP contribution in [0.2, 0.25) is 0 Å². The van der Waals surface area contributed by atoms with Crippen LogP contribution < -0.4 is 10.6 Å². The van der Waals surface area contributed by atoms with E-state index in [0.29, 0.717) is 12.3 Å². The second-order valence-electron chi connectivity index (χ2n) is 4.42. The molecule has 92 valence electrons. The summed E-state index contributed by atoms with van der Waals surface area (Å²) in [5.74, 6) is 0.773. The van der Waals surface area contributed by atoms with E-state index < -0.39 is 0 Å². The smallest absolute Gasteiger partial charge is 0.220 e. The summed E-state index contributed by atoms with van der Waals surface area (Å²) in [6.07, 6.45) is 1.35. The van der Waals surface area contributed by atoms with Gasteiger partial charge in [0.1, 0.15) is 0 Å². The molecule has 0 saturated carbocycles. The second-order valence-corrected chi connectivity index (χ2v) is 5.27. The Hall–Kier alpha value is -0.870. The zero-order chi connectivity index (χ0) is 12.1. The maximum absolute atomic E-state index is 11.6. The van der Waals surface area contributed by atoms with Crippen molar-refractivity contribution in [1.29, 1.82) is 0 Å². The van der Waals surface area contributed by atoms with Gasteiger partial charge >= 0.3 is 0 Å². The number of amides is 1. The number of carbonyl (C=O) groups excluding carboxylic acids is 1. The molecule has 2 rings (SSSR count). The molecule has 0 aliphatic carbocycles. The van der Waals surface area contributed by atoms with Crippen LogP contribution in [0.15, 0.2) is 28.7 Å². The summed E-state index contributed by atoms with van der Waals surface area (Å²) in [4.78, 5) is 11.6. The maximum atomic E-state index is 11.6. The van der Waals surface area contributed by atoms with Crippen LogP contribution in [0.4, 0.5) is 0 Å². The minimum absolute atomic E-state index is 0.146. The third kappa shape index (κ3) is 3.82. The van der Waals surface area contributed by atoms with Crippen LogP contribution >= 0.6 is 15.9 Å². The van der Waals surface area contributed by atoms with E-state index in [4.69, 9.17) is 0 Å². The Bertz CT molecular complexity index is 391. The highest BCUT2D eigenvalue weighted by Gasteiger charge is 2.16. The molecule has 0 atom stereocenters. The van der Waals surface area contributed by atoms with Crippen molar-refractivity contribution in [2.45, 2.75) is 12.8 Å². The lowest BCUT2D eigenvalue weighted by atomic mass is 10.0. The summed E-state index contributed by atoms with van der Waals surface area (Å²) >= 11 is 3.49. The van der Waals surface area contributed by atoms with Crippen LogP contribution in [-0.2, 0) is 11.2 Å². The van der Waals surface area contributed by atoms with Gasteiger partial charge in [0.2, 0.25) is 5.91 Å². The van der Waals surface area contributed by atoms with Crippen molar-refractivity contribution in [3.05, 3.63) is 34.3 Å². The molecule has 17 heavy (non-hydrogen) atoms. The van der Waals surface area contributed by atoms with E-state index in [1.807, 2.05) is 24.3 Å². The third-order valence-corrected chi connectivity index (χ3v) is 3.81. The van der Waals surface area contributed by atoms with Gasteiger partial charge in [-0.3, -0.25) is 4.79 Å². The first-order chi connectivity index (χ1) is 8.25. The van der Waals surface area contributed by atoms with Crippen LogP contribution in [0.5, 0.6) is 0 Å². The molecular weight excluding hydrogens is 280 g/mol. The monoisotopic (exact) mass is 296 g/mol. The van der Waals surface area contributed by atoms with Crippen LogP contribution in [0.1, 0.15) is 12.0 Å². The molecule has 3 nitrogen and oxygen atoms in total. The Kier molecular flexibility index (Phi) is 4.57. The van der Waals surface area contributed by atoms with Crippen molar-refractivity contribution < 1.29 is 4.79 Å². The molecule has 0 unspecified atom stereocenters. The van der Waals surface area contributed by atoms with Gasteiger partial charge in [-0.1, -0.05) is 34.1 Å². The van der Waals surface area contributed by atoms with Gasteiger partial charge in [-0.15, -0.1) is 0 Å². The molecule has 1 aliphatic rings. The molecule has 4 heteroatoms. The van der Waals surface area contributed by atoms with E-state index in [1.165, 1.54) is 5.56 Å². The molecule has 1 saturated heterocycles. The van der Waals surface area contributed by atoms with E-state index in [9.17, 15) is 4.79 Å². The fourth-order valence-corrected chi connectivity index (χ4v) is 2.27. The summed E-state index contributed by atoms with van der Waals surface area (Å²) in [7, 11) is 0. The largest absolute Gasteiger partial charge is 0.356 e. The Labute approximate surface area is 110 Å². The number of halogens is 1. The number of nitrogens with one attached hydrogen (secondary N) is 2. The lowest BCUT2D eigenvalue weighted by Gasteiger charge is -2.27. The average Bonchev–Trinajstić information content (AvgIpc) is 2.26. The molecular formula is C13H17BrN2O. The van der Waals surface area contributed by atoms with Gasteiger partial charge in [-0.25, -0.2) is 0 Å². The Balaban J connectivity index is 1.70. The topological polar surface area (TPSA) is 41.1 Å². The van der Waals surface area contributed by atoms with Gasteiger partial charge in [0.25, 0.3) is 0 Å². The zero-order valence-electron chi connectivity index (χ0n) is 9.71. The Morgan fingerprint density at radius 3 is 2.82 bits per heavy atom. The predicted molar refractivity (Wildman–Crippen MR) is 71.8 cm³/mol.